The highest BCUT2D eigenvalue weighted by Crippen LogP contribution is 2.37. The molecule has 4 aromatic rings. The van der Waals surface area contributed by atoms with Crippen molar-refractivity contribution in [2.75, 3.05) is 0 Å². The summed E-state index contributed by atoms with van der Waals surface area (Å²) in [6.45, 7) is -0.150. The van der Waals surface area contributed by atoms with Crippen molar-refractivity contribution in [1.29, 1.82) is 0 Å². The average molecular weight is 341 g/mol. The van der Waals surface area contributed by atoms with E-state index in [1.165, 1.54) is 0 Å². The number of benzene rings is 2. The number of hydrogen-bond donors (Lipinski definition) is 2. The summed E-state index contributed by atoms with van der Waals surface area (Å²) >= 11 is 6.20. The molecule has 2 aromatic heterocycles. The Morgan fingerprint density at radius 2 is 1.83 bits per heavy atom. The molecule has 0 saturated carbocycles. The summed E-state index contributed by atoms with van der Waals surface area (Å²) < 4.78 is 3.29. The monoisotopic (exact) mass is 340 g/mol. The second-order valence-electron chi connectivity index (χ2n) is 5.58. The lowest BCUT2D eigenvalue weighted by Crippen LogP contribution is -2.08. The SMILES string of the molecule is O=C(O)Cn1ccc2cccc(-n3cc4cccc(Cl)c4c3O)c21. The van der Waals surface area contributed by atoms with Gasteiger partial charge < -0.3 is 14.8 Å². The number of fused-ring (bicyclic) bond motifs is 2. The van der Waals surface area contributed by atoms with Crippen LogP contribution in [0.25, 0.3) is 27.4 Å². The van der Waals surface area contributed by atoms with Crippen LogP contribution in [0.3, 0.4) is 0 Å². The summed E-state index contributed by atoms with van der Waals surface area (Å²) in [5.74, 6) is -0.890. The Morgan fingerprint density at radius 1 is 1.08 bits per heavy atom. The van der Waals surface area contributed by atoms with Crippen LogP contribution >= 0.6 is 11.6 Å². The average Bonchev–Trinajstić information content (AvgIpc) is 3.09. The van der Waals surface area contributed by atoms with Crippen molar-refractivity contribution in [1.82, 2.24) is 9.13 Å². The van der Waals surface area contributed by atoms with Gasteiger partial charge in [-0.25, -0.2) is 0 Å². The number of aromatic nitrogens is 2. The summed E-state index contributed by atoms with van der Waals surface area (Å²) in [5, 5.41) is 22.5. The fourth-order valence-electron chi connectivity index (χ4n) is 3.10. The van der Waals surface area contributed by atoms with Gasteiger partial charge in [0.2, 0.25) is 5.88 Å². The number of carbonyl (C=O) groups is 1. The van der Waals surface area contributed by atoms with Crippen molar-refractivity contribution >= 4 is 39.2 Å². The van der Waals surface area contributed by atoms with Gasteiger partial charge in [-0.05, 0) is 18.2 Å². The first-order valence-electron chi connectivity index (χ1n) is 7.35. The van der Waals surface area contributed by atoms with E-state index in [9.17, 15) is 9.90 Å². The van der Waals surface area contributed by atoms with Crippen LogP contribution in [0.2, 0.25) is 5.02 Å². The molecule has 120 valence electrons. The summed E-state index contributed by atoms with van der Waals surface area (Å²) in [4.78, 5) is 11.1. The van der Waals surface area contributed by atoms with E-state index in [4.69, 9.17) is 16.7 Å². The van der Waals surface area contributed by atoms with E-state index in [-0.39, 0.29) is 12.4 Å². The van der Waals surface area contributed by atoms with Crippen LogP contribution < -0.4 is 0 Å². The van der Waals surface area contributed by atoms with E-state index >= 15 is 0 Å². The highest BCUT2D eigenvalue weighted by atomic mass is 35.5. The minimum absolute atomic E-state index is 0.0335. The van der Waals surface area contributed by atoms with Crippen LogP contribution in [0, 0.1) is 0 Å². The topological polar surface area (TPSA) is 67.4 Å². The molecule has 0 aliphatic rings. The first-order chi connectivity index (χ1) is 11.6. The number of hydrogen-bond acceptors (Lipinski definition) is 2. The number of carboxylic acids is 1. The molecule has 0 atom stereocenters. The molecule has 0 bridgehead atoms. The lowest BCUT2D eigenvalue weighted by atomic mass is 10.2. The molecule has 2 N–H and O–H groups in total. The Kier molecular flexibility index (Phi) is 3.25. The fourth-order valence-corrected chi connectivity index (χ4v) is 3.37. The van der Waals surface area contributed by atoms with Crippen molar-refractivity contribution in [3.63, 3.8) is 0 Å². The molecule has 0 radical (unpaired) electrons. The van der Waals surface area contributed by atoms with Crippen molar-refractivity contribution in [3.05, 3.63) is 59.9 Å². The number of rotatable bonds is 3. The van der Waals surface area contributed by atoms with Crippen LogP contribution in [-0.4, -0.2) is 25.3 Å². The minimum atomic E-state index is -0.924. The molecule has 0 unspecified atom stereocenters. The Hall–Kier alpha value is -2.92. The predicted octanol–water partition coefficient (Wildman–Crippen LogP) is 4.03. The number of carboxylic acid groups (broad SMARTS) is 1. The van der Waals surface area contributed by atoms with Crippen molar-refractivity contribution < 1.29 is 15.0 Å². The third kappa shape index (κ3) is 2.13. The zero-order valence-corrected chi connectivity index (χ0v) is 13.2. The molecular formula is C18H13ClN2O3. The molecule has 0 aliphatic heterocycles. The number of nitrogens with zero attached hydrogens (tertiary/aromatic N) is 2. The molecule has 5 nitrogen and oxygen atoms in total. The first kappa shape index (κ1) is 14.7. The second kappa shape index (κ2) is 5.32. The van der Waals surface area contributed by atoms with Gasteiger partial charge in [0.05, 0.1) is 21.6 Å². The van der Waals surface area contributed by atoms with Crippen LogP contribution in [-0.2, 0) is 11.3 Å². The second-order valence-corrected chi connectivity index (χ2v) is 5.99. The fraction of sp³-hybridized carbons (Fsp3) is 0.0556. The maximum Gasteiger partial charge on any atom is 0.323 e. The van der Waals surface area contributed by atoms with Gasteiger partial charge in [-0.15, -0.1) is 0 Å². The molecule has 0 amide bonds. The number of para-hydroxylation sites is 1. The van der Waals surface area contributed by atoms with E-state index < -0.39 is 5.97 Å². The Bertz CT molecular complexity index is 1090. The van der Waals surface area contributed by atoms with E-state index in [2.05, 4.69) is 0 Å². The predicted molar refractivity (Wildman–Crippen MR) is 93.1 cm³/mol. The van der Waals surface area contributed by atoms with Crippen molar-refractivity contribution in [2.45, 2.75) is 6.54 Å². The van der Waals surface area contributed by atoms with Gasteiger partial charge in [0, 0.05) is 23.2 Å². The maximum absolute atomic E-state index is 11.1. The maximum atomic E-state index is 11.1. The highest BCUT2D eigenvalue weighted by Gasteiger charge is 2.16. The van der Waals surface area contributed by atoms with Crippen LogP contribution in [0.1, 0.15) is 0 Å². The molecule has 0 saturated heterocycles. The lowest BCUT2D eigenvalue weighted by molar-refractivity contribution is -0.137. The van der Waals surface area contributed by atoms with E-state index in [1.54, 1.807) is 27.6 Å². The quantitative estimate of drug-likeness (QED) is 0.591. The highest BCUT2D eigenvalue weighted by molar-refractivity contribution is 6.36. The number of aromatic hydroxyl groups is 1. The zero-order valence-electron chi connectivity index (χ0n) is 12.5. The Balaban J connectivity index is 2.03. The summed E-state index contributed by atoms with van der Waals surface area (Å²) in [5.41, 5.74) is 1.44. The van der Waals surface area contributed by atoms with Gasteiger partial charge in [-0.1, -0.05) is 35.9 Å². The van der Waals surface area contributed by atoms with E-state index in [0.29, 0.717) is 16.1 Å². The van der Waals surface area contributed by atoms with Crippen LogP contribution in [0.4, 0.5) is 0 Å². The number of halogens is 1. The van der Waals surface area contributed by atoms with Gasteiger partial charge in [0.25, 0.3) is 0 Å². The van der Waals surface area contributed by atoms with E-state index in [0.717, 1.165) is 16.3 Å². The Labute approximate surface area is 141 Å². The van der Waals surface area contributed by atoms with Crippen LogP contribution in [0.15, 0.2) is 54.9 Å². The normalized spacial score (nSPS) is 11.4. The molecule has 24 heavy (non-hydrogen) atoms. The minimum Gasteiger partial charge on any atom is -0.494 e. The van der Waals surface area contributed by atoms with Crippen LogP contribution in [0.5, 0.6) is 5.88 Å². The third-order valence-corrected chi connectivity index (χ3v) is 4.41. The first-order valence-corrected chi connectivity index (χ1v) is 7.72. The van der Waals surface area contributed by atoms with Crippen molar-refractivity contribution in [2.24, 2.45) is 0 Å². The third-order valence-electron chi connectivity index (χ3n) is 4.10. The molecule has 6 heteroatoms. The smallest absolute Gasteiger partial charge is 0.323 e. The zero-order chi connectivity index (χ0) is 16.8. The van der Waals surface area contributed by atoms with Gasteiger partial charge in [-0.3, -0.25) is 9.36 Å². The molecular weight excluding hydrogens is 328 g/mol. The Morgan fingerprint density at radius 3 is 2.58 bits per heavy atom. The molecule has 0 fully saturated rings. The summed E-state index contributed by atoms with van der Waals surface area (Å²) in [6, 6.07) is 12.9. The molecule has 2 heterocycles. The molecule has 0 spiro atoms. The van der Waals surface area contributed by atoms with Gasteiger partial charge in [-0.2, -0.15) is 0 Å². The number of aliphatic carboxylic acids is 1. The molecule has 4 rings (SSSR count). The standard InChI is InChI=1S/C18H13ClN2O3/c19-13-5-1-4-12-9-21(18(24)16(12)13)14-6-2-3-11-7-8-20(17(11)14)10-15(22)23/h1-9,24H,10H2,(H,22,23). The summed E-state index contributed by atoms with van der Waals surface area (Å²) in [7, 11) is 0. The van der Waals surface area contributed by atoms with E-state index in [1.807, 2.05) is 36.4 Å². The van der Waals surface area contributed by atoms with Gasteiger partial charge >= 0.3 is 5.97 Å². The van der Waals surface area contributed by atoms with Gasteiger partial charge in [0.1, 0.15) is 6.54 Å². The molecule has 0 aliphatic carbocycles. The lowest BCUT2D eigenvalue weighted by Gasteiger charge is -2.10. The molecule has 2 aromatic carbocycles. The van der Waals surface area contributed by atoms with Crippen molar-refractivity contribution in [3.8, 4) is 11.6 Å². The summed E-state index contributed by atoms with van der Waals surface area (Å²) in [6.07, 6.45) is 3.53. The largest absolute Gasteiger partial charge is 0.494 e. The van der Waals surface area contributed by atoms with Gasteiger partial charge in [0.15, 0.2) is 0 Å².